The number of nitro groups is 1. The van der Waals surface area contributed by atoms with Crippen molar-refractivity contribution in [3.63, 3.8) is 0 Å². The van der Waals surface area contributed by atoms with Gasteiger partial charge in [-0.3, -0.25) is 14.9 Å². The molecule has 0 spiro atoms. The van der Waals surface area contributed by atoms with Crippen molar-refractivity contribution >= 4 is 23.3 Å². The molecule has 0 fully saturated rings. The number of nitrogens with zero attached hydrogens (tertiary/aromatic N) is 2. The minimum atomic E-state index is -0.742. The number of carbonyl (C=O) groups excluding carboxylic acids is 2. The van der Waals surface area contributed by atoms with E-state index in [1.807, 2.05) is 0 Å². The second-order valence-electron chi connectivity index (χ2n) is 6.67. The summed E-state index contributed by atoms with van der Waals surface area (Å²) in [6.07, 6.45) is 0.704. The van der Waals surface area contributed by atoms with E-state index in [4.69, 9.17) is 9.47 Å². The number of hydrogen-bond donors (Lipinski definition) is 0. The number of amides is 1. The highest BCUT2D eigenvalue weighted by Gasteiger charge is 2.28. The van der Waals surface area contributed by atoms with Crippen LogP contribution in [0.3, 0.4) is 0 Å². The van der Waals surface area contributed by atoms with Crippen molar-refractivity contribution in [2.45, 2.75) is 39.7 Å². The Balaban J connectivity index is 1.89. The van der Waals surface area contributed by atoms with E-state index >= 15 is 0 Å². The summed E-state index contributed by atoms with van der Waals surface area (Å²) in [5.41, 5.74) is 1.29. The molecule has 1 heterocycles. The summed E-state index contributed by atoms with van der Waals surface area (Å²) >= 11 is 0. The molecule has 0 saturated heterocycles. The van der Waals surface area contributed by atoms with E-state index < -0.39 is 29.5 Å². The van der Waals surface area contributed by atoms with Gasteiger partial charge in [0.25, 0.3) is 11.6 Å². The van der Waals surface area contributed by atoms with Gasteiger partial charge in [-0.15, -0.1) is 0 Å². The van der Waals surface area contributed by atoms with E-state index in [0.29, 0.717) is 31.2 Å². The molecular weight excluding hydrogens is 340 g/mol. The molecule has 1 aromatic carbocycles. The quantitative estimate of drug-likeness (QED) is 0.399. The Hall–Kier alpha value is -2.48. The first-order valence-electron chi connectivity index (χ1n) is 8.65. The van der Waals surface area contributed by atoms with E-state index in [0.717, 1.165) is 12.0 Å². The van der Waals surface area contributed by atoms with Gasteiger partial charge in [0.15, 0.2) is 12.7 Å². The number of esters is 1. The SMILES string of the molecule is CC(C)CCOC(C)C(=O)OCC(=O)N1CCc2ccc([N+](=O)[O-])cc21. The van der Waals surface area contributed by atoms with Gasteiger partial charge in [0.2, 0.25) is 0 Å². The van der Waals surface area contributed by atoms with Crippen LogP contribution in [0.15, 0.2) is 18.2 Å². The maximum atomic E-state index is 12.4. The molecule has 0 radical (unpaired) electrons. The van der Waals surface area contributed by atoms with Crippen LogP contribution in [-0.2, 0) is 25.5 Å². The molecule has 0 aliphatic carbocycles. The predicted octanol–water partition coefficient (Wildman–Crippen LogP) is 2.48. The van der Waals surface area contributed by atoms with Crippen LogP contribution in [0, 0.1) is 16.0 Å². The molecular formula is C18H24N2O6. The lowest BCUT2D eigenvalue weighted by Gasteiger charge is -2.18. The van der Waals surface area contributed by atoms with Crippen LogP contribution >= 0.6 is 0 Å². The van der Waals surface area contributed by atoms with Crippen LogP contribution in [0.5, 0.6) is 0 Å². The molecule has 8 nitrogen and oxygen atoms in total. The summed E-state index contributed by atoms with van der Waals surface area (Å²) in [4.78, 5) is 36.1. The van der Waals surface area contributed by atoms with Crippen molar-refractivity contribution in [3.8, 4) is 0 Å². The number of fused-ring (bicyclic) bond motifs is 1. The van der Waals surface area contributed by atoms with Gasteiger partial charge in [0.1, 0.15) is 0 Å². The van der Waals surface area contributed by atoms with Crippen molar-refractivity contribution in [2.75, 3.05) is 24.7 Å². The van der Waals surface area contributed by atoms with Crippen molar-refractivity contribution in [3.05, 3.63) is 33.9 Å². The molecule has 1 atom stereocenters. The summed E-state index contributed by atoms with van der Waals surface area (Å²) in [5, 5.41) is 10.9. The van der Waals surface area contributed by atoms with Gasteiger partial charge in [-0.25, -0.2) is 4.79 Å². The number of anilines is 1. The Bertz CT molecular complexity index is 688. The van der Waals surface area contributed by atoms with Crippen molar-refractivity contribution in [1.29, 1.82) is 0 Å². The number of nitro benzene ring substituents is 1. The summed E-state index contributed by atoms with van der Waals surface area (Å²) in [7, 11) is 0. The maximum absolute atomic E-state index is 12.4. The first-order valence-corrected chi connectivity index (χ1v) is 8.65. The van der Waals surface area contributed by atoms with Gasteiger partial charge in [0, 0.05) is 25.3 Å². The lowest BCUT2D eigenvalue weighted by molar-refractivity contribution is -0.384. The van der Waals surface area contributed by atoms with Crippen LogP contribution in [0.25, 0.3) is 0 Å². The summed E-state index contributed by atoms with van der Waals surface area (Å²) in [6.45, 7) is 6.14. The minimum absolute atomic E-state index is 0.0763. The third kappa shape index (κ3) is 5.01. The Morgan fingerprint density at radius 3 is 2.69 bits per heavy atom. The summed E-state index contributed by atoms with van der Waals surface area (Å²) in [5.74, 6) is -0.536. The Morgan fingerprint density at radius 2 is 2.04 bits per heavy atom. The van der Waals surface area contributed by atoms with Crippen LogP contribution < -0.4 is 4.90 Å². The van der Waals surface area contributed by atoms with Gasteiger partial charge < -0.3 is 14.4 Å². The zero-order valence-corrected chi connectivity index (χ0v) is 15.3. The van der Waals surface area contributed by atoms with E-state index in [1.54, 1.807) is 13.0 Å². The lowest BCUT2D eigenvalue weighted by Crippen LogP contribution is -2.35. The van der Waals surface area contributed by atoms with E-state index in [9.17, 15) is 19.7 Å². The predicted molar refractivity (Wildman–Crippen MR) is 95.0 cm³/mol. The highest BCUT2D eigenvalue weighted by molar-refractivity contribution is 5.97. The van der Waals surface area contributed by atoms with Gasteiger partial charge >= 0.3 is 5.97 Å². The molecule has 1 unspecified atom stereocenters. The zero-order valence-electron chi connectivity index (χ0n) is 15.3. The molecule has 26 heavy (non-hydrogen) atoms. The topological polar surface area (TPSA) is 99.0 Å². The highest BCUT2D eigenvalue weighted by Crippen LogP contribution is 2.31. The second-order valence-corrected chi connectivity index (χ2v) is 6.67. The fourth-order valence-corrected chi connectivity index (χ4v) is 2.62. The number of rotatable bonds is 8. The first kappa shape index (κ1) is 19.8. The molecule has 8 heteroatoms. The Morgan fingerprint density at radius 1 is 1.31 bits per heavy atom. The molecule has 0 bridgehead atoms. The molecule has 142 valence electrons. The molecule has 1 aliphatic heterocycles. The van der Waals surface area contributed by atoms with Crippen LogP contribution in [0.1, 0.15) is 32.8 Å². The largest absolute Gasteiger partial charge is 0.454 e. The zero-order chi connectivity index (χ0) is 19.3. The highest BCUT2D eigenvalue weighted by atomic mass is 16.6. The van der Waals surface area contributed by atoms with Crippen LogP contribution in [0.4, 0.5) is 11.4 Å². The van der Waals surface area contributed by atoms with Crippen LogP contribution in [0.2, 0.25) is 0 Å². The maximum Gasteiger partial charge on any atom is 0.335 e. The summed E-state index contributed by atoms with van der Waals surface area (Å²) < 4.78 is 10.4. The third-order valence-corrected chi connectivity index (χ3v) is 4.21. The van der Waals surface area contributed by atoms with E-state index in [2.05, 4.69) is 13.8 Å². The second kappa shape index (κ2) is 8.75. The molecule has 1 aromatic rings. The van der Waals surface area contributed by atoms with Crippen LogP contribution in [-0.4, -0.2) is 42.7 Å². The lowest BCUT2D eigenvalue weighted by atomic mass is 10.1. The molecule has 0 saturated carbocycles. The van der Waals surface area contributed by atoms with Crippen molar-refractivity contribution in [1.82, 2.24) is 0 Å². The average Bonchev–Trinajstić information content (AvgIpc) is 3.01. The van der Waals surface area contributed by atoms with Gasteiger partial charge in [-0.1, -0.05) is 19.9 Å². The molecule has 1 aliphatic rings. The fourth-order valence-electron chi connectivity index (χ4n) is 2.62. The number of carbonyl (C=O) groups is 2. The smallest absolute Gasteiger partial charge is 0.335 e. The third-order valence-electron chi connectivity index (χ3n) is 4.21. The first-order chi connectivity index (χ1) is 12.3. The number of hydrogen-bond acceptors (Lipinski definition) is 6. The average molecular weight is 364 g/mol. The van der Waals surface area contributed by atoms with Gasteiger partial charge in [0.05, 0.1) is 10.6 Å². The number of non-ortho nitro benzene ring substituents is 1. The van der Waals surface area contributed by atoms with Crippen molar-refractivity contribution in [2.24, 2.45) is 5.92 Å². The molecule has 0 N–H and O–H groups in total. The number of ether oxygens (including phenoxy) is 2. The van der Waals surface area contributed by atoms with Gasteiger partial charge in [-0.2, -0.15) is 0 Å². The molecule has 2 rings (SSSR count). The van der Waals surface area contributed by atoms with E-state index in [-0.39, 0.29) is 5.69 Å². The normalized spacial score (nSPS) is 14.2. The van der Waals surface area contributed by atoms with Gasteiger partial charge in [-0.05, 0) is 31.2 Å². The fraction of sp³-hybridized carbons (Fsp3) is 0.556. The molecule has 1 amide bonds. The molecule has 0 aromatic heterocycles. The van der Waals surface area contributed by atoms with E-state index in [1.165, 1.54) is 17.0 Å². The summed E-state index contributed by atoms with van der Waals surface area (Å²) in [6, 6.07) is 4.44. The Kier molecular flexibility index (Phi) is 6.68. The number of benzene rings is 1. The Labute approximate surface area is 152 Å². The minimum Gasteiger partial charge on any atom is -0.454 e. The monoisotopic (exact) mass is 364 g/mol. The standard InChI is InChI=1S/C18H24N2O6/c1-12(2)7-9-25-13(3)18(22)26-11-17(21)19-8-6-14-4-5-15(20(23)24)10-16(14)19/h4-5,10,12-13H,6-9,11H2,1-3H3. The van der Waals surface area contributed by atoms with Crippen molar-refractivity contribution < 1.29 is 24.0 Å².